The predicted molar refractivity (Wildman–Crippen MR) is 92.8 cm³/mol. The van der Waals surface area contributed by atoms with Gasteiger partial charge < -0.3 is 10.5 Å². The van der Waals surface area contributed by atoms with E-state index in [4.69, 9.17) is 5.41 Å². The second-order valence-corrected chi connectivity index (χ2v) is 5.52. The SMILES string of the molecule is C[CH]CC(=N)c1nc(-c2ccccc2O)nc2cc(C)ccc12. The molecule has 0 unspecified atom stereocenters. The fourth-order valence-corrected chi connectivity index (χ4v) is 2.55. The van der Waals surface area contributed by atoms with Crippen LogP contribution < -0.4 is 0 Å². The van der Waals surface area contributed by atoms with Gasteiger partial charge in [0.05, 0.1) is 22.5 Å². The van der Waals surface area contributed by atoms with Crippen LogP contribution in [0.2, 0.25) is 0 Å². The van der Waals surface area contributed by atoms with Crippen LogP contribution >= 0.6 is 0 Å². The molecule has 0 aliphatic carbocycles. The molecule has 0 bridgehead atoms. The van der Waals surface area contributed by atoms with E-state index >= 15 is 0 Å². The fourth-order valence-electron chi connectivity index (χ4n) is 2.55. The lowest BCUT2D eigenvalue weighted by molar-refractivity contribution is 0.477. The standard InChI is InChI=1S/C19H18N3O/c1-3-6-15(20)18-13-10-9-12(2)11-16(13)21-19(22-18)14-7-4-5-8-17(14)23/h3-5,7-11,20,23H,6H2,1-2H3. The maximum Gasteiger partial charge on any atom is 0.164 e. The number of aromatic hydroxyl groups is 1. The van der Waals surface area contributed by atoms with Gasteiger partial charge in [0, 0.05) is 5.39 Å². The van der Waals surface area contributed by atoms with E-state index in [0.717, 1.165) is 16.5 Å². The van der Waals surface area contributed by atoms with E-state index in [1.54, 1.807) is 18.2 Å². The number of hydrogen-bond donors (Lipinski definition) is 2. The molecule has 0 fully saturated rings. The van der Waals surface area contributed by atoms with Gasteiger partial charge in [0.2, 0.25) is 0 Å². The molecule has 0 spiro atoms. The van der Waals surface area contributed by atoms with Crippen LogP contribution in [0.15, 0.2) is 42.5 Å². The average molecular weight is 304 g/mol. The Hall–Kier alpha value is -2.75. The van der Waals surface area contributed by atoms with E-state index in [1.807, 2.05) is 44.5 Å². The maximum atomic E-state index is 10.1. The molecular weight excluding hydrogens is 286 g/mol. The summed E-state index contributed by atoms with van der Waals surface area (Å²) in [5, 5.41) is 19.2. The first-order valence-corrected chi connectivity index (χ1v) is 7.52. The molecule has 2 aromatic carbocycles. The van der Waals surface area contributed by atoms with Crippen LogP contribution in [0.5, 0.6) is 5.75 Å². The zero-order chi connectivity index (χ0) is 16.4. The number of phenolic OH excluding ortho intramolecular Hbond substituents is 1. The third kappa shape index (κ3) is 2.93. The van der Waals surface area contributed by atoms with E-state index in [2.05, 4.69) is 9.97 Å². The minimum absolute atomic E-state index is 0.138. The van der Waals surface area contributed by atoms with Gasteiger partial charge in [-0.15, -0.1) is 0 Å². The lowest BCUT2D eigenvalue weighted by Gasteiger charge is -2.11. The predicted octanol–water partition coefficient (Wildman–Crippen LogP) is 4.29. The van der Waals surface area contributed by atoms with E-state index in [1.165, 1.54) is 0 Å². The van der Waals surface area contributed by atoms with Gasteiger partial charge in [-0.05, 0) is 43.5 Å². The molecule has 0 saturated heterocycles. The summed E-state index contributed by atoms with van der Waals surface area (Å²) >= 11 is 0. The summed E-state index contributed by atoms with van der Waals surface area (Å²) in [6.07, 6.45) is 2.48. The molecule has 115 valence electrons. The van der Waals surface area contributed by atoms with Gasteiger partial charge in [0.15, 0.2) is 5.82 Å². The quantitative estimate of drug-likeness (QED) is 0.706. The number of aromatic nitrogens is 2. The maximum absolute atomic E-state index is 10.1. The molecule has 2 N–H and O–H groups in total. The highest BCUT2D eigenvalue weighted by molar-refractivity contribution is 6.07. The third-order valence-corrected chi connectivity index (χ3v) is 3.69. The van der Waals surface area contributed by atoms with Gasteiger partial charge in [-0.2, -0.15) is 0 Å². The van der Waals surface area contributed by atoms with Gasteiger partial charge in [0.25, 0.3) is 0 Å². The molecular formula is C19H18N3O. The normalized spacial score (nSPS) is 10.9. The van der Waals surface area contributed by atoms with Crippen molar-refractivity contribution in [3.05, 3.63) is 60.1 Å². The molecule has 0 saturated carbocycles. The zero-order valence-corrected chi connectivity index (χ0v) is 13.2. The molecule has 3 rings (SSSR count). The molecule has 1 heterocycles. The summed E-state index contributed by atoms with van der Waals surface area (Å²) in [6.45, 7) is 3.93. The number of hydrogen-bond acceptors (Lipinski definition) is 4. The van der Waals surface area contributed by atoms with Crippen molar-refractivity contribution in [2.45, 2.75) is 20.3 Å². The van der Waals surface area contributed by atoms with E-state index in [0.29, 0.717) is 29.2 Å². The molecule has 1 aromatic heterocycles. The van der Waals surface area contributed by atoms with Crippen LogP contribution in [-0.4, -0.2) is 20.8 Å². The first-order valence-electron chi connectivity index (χ1n) is 7.52. The van der Waals surface area contributed by atoms with Crippen molar-refractivity contribution < 1.29 is 5.11 Å². The Morgan fingerprint density at radius 2 is 1.96 bits per heavy atom. The molecule has 0 aliphatic rings. The summed E-state index contributed by atoms with van der Waals surface area (Å²) in [7, 11) is 0. The lowest BCUT2D eigenvalue weighted by Crippen LogP contribution is -2.06. The fraction of sp³-hybridized carbons (Fsp3) is 0.158. The minimum Gasteiger partial charge on any atom is -0.507 e. The number of phenols is 1. The van der Waals surface area contributed by atoms with Crippen LogP contribution in [0, 0.1) is 18.8 Å². The van der Waals surface area contributed by atoms with Crippen molar-refractivity contribution in [3.8, 4) is 17.1 Å². The summed E-state index contributed by atoms with van der Waals surface area (Å²) in [5.41, 5.74) is 3.52. The molecule has 3 aromatic rings. The molecule has 0 atom stereocenters. The molecule has 4 nitrogen and oxygen atoms in total. The second kappa shape index (κ2) is 6.16. The van der Waals surface area contributed by atoms with Crippen LogP contribution in [0.25, 0.3) is 22.3 Å². The van der Waals surface area contributed by atoms with E-state index < -0.39 is 0 Å². The molecule has 23 heavy (non-hydrogen) atoms. The van der Waals surface area contributed by atoms with Gasteiger partial charge in [0.1, 0.15) is 5.75 Å². The number of para-hydroxylation sites is 1. The first-order chi connectivity index (χ1) is 11.1. The van der Waals surface area contributed by atoms with Crippen molar-refractivity contribution in [3.63, 3.8) is 0 Å². The number of nitrogens with one attached hydrogen (secondary N) is 1. The van der Waals surface area contributed by atoms with Crippen molar-refractivity contribution >= 4 is 16.6 Å². The van der Waals surface area contributed by atoms with Gasteiger partial charge >= 0.3 is 0 Å². The van der Waals surface area contributed by atoms with E-state index in [-0.39, 0.29) is 5.75 Å². The number of fused-ring (bicyclic) bond motifs is 1. The summed E-state index contributed by atoms with van der Waals surface area (Å²) in [5.74, 6) is 0.580. The monoisotopic (exact) mass is 304 g/mol. The largest absolute Gasteiger partial charge is 0.507 e. The number of rotatable bonds is 4. The first kappa shape index (κ1) is 15.2. The Morgan fingerprint density at radius 1 is 1.17 bits per heavy atom. The Labute approximate surface area is 135 Å². The molecule has 1 radical (unpaired) electrons. The topological polar surface area (TPSA) is 69.9 Å². The summed E-state index contributed by atoms with van der Waals surface area (Å²) in [6, 6.07) is 12.9. The molecule has 4 heteroatoms. The van der Waals surface area contributed by atoms with Gasteiger partial charge in [-0.25, -0.2) is 9.97 Å². The second-order valence-electron chi connectivity index (χ2n) is 5.52. The van der Waals surface area contributed by atoms with E-state index in [9.17, 15) is 5.11 Å². The van der Waals surface area contributed by atoms with Crippen molar-refractivity contribution in [1.82, 2.24) is 9.97 Å². The van der Waals surface area contributed by atoms with Crippen LogP contribution in [-0.2, 0) is 0 Å². The average Bonchev–Trinajstić information content (AvgIpc) is 2.54. The Kier molecular flexibility index (Phi) is 4.06. The lowest BCUT2D eigenvalue weighted by atomic mass is 10.0. The number of aryl methyl sites for hydroxylation is 1. The summed E-state index contributed by atoms with van der Waals surface area (Å²) < 4.78 is 0. The Morgan fingerprint density at radius 3 is 2.70 bits per heavy atom. The number of benzene rings is 2. The highest BCUT2D eigenvalue weighted by Gasteiger charge is 2.14. The van der Waals surface area contributed by atoms with Crippen LogP contribution in [0.3, 0.4) is 0 Å². The van der Waals surface area contributed by atoms with Crippen molar-refractivity contribution in [2.75, 3.05) is 0 Å². The third-order valence-electron chi connectivity index (χ3n) is 3.69. The van der Waals surface area contributed by atoms with Crippen molar-refractivity contribution in [1.29, 1.82) is 5.41 Å². The highest BCUT2D eigenvalue weighted by Crippen LogP contribution is 2.29. The van der Waals surface area contributed by atoms with Crippen LogP contribution in [0.1, 0.15) is 24.6 Å². The van der Waals surface area contributed by atoms with Crippen molar-refractivity contribution in [2.24, 2.45) is 0 Å². The number of nitrogens with zero attached hydrogens (tertiary/aromatic N) is 2. The Bertz CT molecular complexity index is 887. The molecule has 0 amide bonds. The Balaban J connectivity index is 2.28. The smallest absolute Gasteiger partial charge is 0.164 e. The minimum atomic E-state index is 0.138. The zero-order valence-electron chi connectivity index (χ0n) is 13.2. The van der Waals surface area contributed by atoms with Gasteiger partial charge in [-0.3, -0.25) is 0 Å². The van der Waals surface area contributed by atoms with Gasteiger partial charge in [-0.1, -0.05) is 31.2 Å². The summed E-state index contributed by atoms with van der Waals surface area (Å²) in [4.78, 5) is 9.16. The molecule has 0 aliphatic heterocycles. The highest BCUT2D eigenvalue weighted by atomic mass is 16.3. The van der Waals surface area contributed by atoms with Crippen LogP contribution in [0.4, 0.5) is 0 Å².